The molecule has 0 saturated carbocycles. The fraction of sp³-hybridized carbons (Fsp3) is 0.750. The molecule has 1 aromatic rings. The average molecular weight is 194 g/mol. The van der Waals surface area contributed by atoms with Crippen molar-refractivity contribution in [3.63, 3.8) is 0 Å². The van der Waals surface area contributed by atoms with Gasteiger partial charge >= 0.3 is 0 Å². The monoisotopic (exact) mass is 194 g/mol. The summed E-state index contributed by atoms with van der Waals surface area (Å²) in [5.41, 5.74) is 1.29. The number of unbranched alkanes of at least 4 members (excludes halogenated alkanes) is 5. The van der Waals surface area contributed by atoms with Gasteiger partial charge in [-0.1, -0.05) is 39.0 Å². The van der Waals surface area contributed by atoms with E-state index in [1.807, 2.05) is 13.1 Å². The first-order chi connectivity index (χ1) is 6.83. The third-order valence-corrected chi connectivity index (χ3v) is 2.56. The molecule has 0 spiro atoms. The molecule has 0 bridgehead atoms. The minimum absolute atomic E-state index is 1.03. The Morgan fingerprint density at radius 3 is 2.50 bits per heavy atom. The predicted octanol–water partition coefficient (Wildman–Crippen LogP) is 3.62. The van der Waals surface area contributed by atoms with Gasteiger partial charge in [0.15, 0.2) is 0 Å². The number of aryl methyl sites for hydroxylation is 2. The van der Waals surface area contributed by atoms with Crippen LogP contribution in [-0.4, -0.2) is 9.97 Å². The predicted molar refractivity (Wildman–Crippen MR) is 60.4 cm³/mol. The van der Waals surface area contributed by atoms with Crippen molar-refractivity contribution in [2.24, 2.45) is 0 Å². The van der Waals surface area contributed by atoms with Crippen LogP contribution in [0, 0.1) is 6.92 Å². The maximum absolute atomic E-state index is 4.19. The number of nitrogens with one attached hydrogen (secondary N) is 1. The second-order valence-electron chi connectivity index (χ2n) is 4.01. The average Bonchev–Trinajstić information content (AvgIpc) is 2.58. The van der Waals surface area contributed by atoms with Crippen molar-refractivity contribution < 1.29 is 0 Å². The largest absolute Gasteiger partial charge is 0.346 e. The van der Waals surface area contributed by atoms with Crippen molar-refractivity contribution >= 4 is 0 Å². The highest BCUT2D eigenvalue weighted by Crippen LogP contribution is 2.08. The molecular weight excluding hydrogens is 172 g/mol. The lowest BCUT2D eigenvalue weighted by molar-refractivity contribution is 0.605. The maximum atomic E-state index is 4.19. The summed E-state index contributed by atoms with van der Waals surface area (Å²) < 4.78 is 0. The number of imidazole rings is 1. The molecule has 14 heavy (non-hydrogen) atoms. The van der Waals surface area contributed by atoms with E-state index < -0.39 is 0 Å². The van der Waals surface area contributed by atoms with Gasteiger partial charge in [-0.25, -0.2) is 4.98 Å². The van der Waals surface area contributed by atoms with Crippen LogP contribution in [0.4, 0.5) is 0 Å². The van der Waals surface area contributed by atoms with Crippen LogP contribution in [0.2, 0.25) is 0 Å². The van der Waals surface area contributed by atoms with Gasteiger partial charge in [-0.2, -0.15) is 0 Å². The number of nitrogens with zero attached hydrogens (tertiary/aromatic N) is 1. The van der Waals surface area contributed by atoms with E-state index in [0.29, 0.717) is 0 Å². The lowest BCUT2D eigenvalue weighted by Gasteiger charge is -1.99. The second-order valence-corrected chi connectivity index (χ2v) is 4.01. The zero-order valence-corrected chi connectivity index (χ0v) is 9.47. The first-order valence-corrected chi connectivity index (χ1v) is 5.83. The Bertz CT molecular complexity index is 240. The van der Waals surface area contributed by atoms with Crippen molar-refractivity contribution in [2.45, 2.75) is 58.8 Å². The number of aromatic amines is 1. The van der Waals surface area contributed by atoms with Gasteiger partial charge in [0.25, 0.3) is 0 Å². The highest BCUT2D eigenvalue weighted by molar-refractivity contribution is 4.99. The molecule has 1 aromatic heterocycles. The molecule has 0 aromatic carbocycles. The number of rotatable bonds is 7. The van der Waals surface area contributed by atoms with E-state index in [2.05, 4.69) is 16.9 Å². The van der Waals surface area contributed by atoms with Gasteiger partial charge in [0.2, 0.25) is 0 Å². The second kappa shape index (κ2) is 6.63. The molecule has 0 amide bonds. The number of hydrogen-bond donors (Lipinski definition) is 1. The summed E-state index contributed by atoms with van der Waals surface area (Å²) in [6.45, 7) is 4.26. The van der Waals surface area contributed by atoms with Gasteiger partial charge in [-0.15, -0.1) is 0 Å². The number of hydrogen-bond acceptors (Lipinski definition) is 1. The van der Waals surface area contributed by atoms with Crippen LogP contribution in [0.3, 0.4) is 0 Å². The quantitative estimate of drug-likeness (QED) is 0.660. The summed E-state index contributed by atoms with van der Waals surface area (Å²) in [7, 11) is 0. The summed E-state index contributed by atoms with van der Waals surface area (Å²) in [6.07, 6.45) is 11.3. The normalized spacial score (nSPS) is 10.7. The van der Waals surface area contributed by atoms with E-state index in [1.165, 1.54) is 44.2 Å². The van der Waals surface area contributed by atoms with E-state index in [-0.39, 0.29) is 0 Å². The molecule has 80 valence electrons. The Balaban J connectivity index is 1.99. The zero-order chi connectivity index (χ0) is 10.2. The lowest BCUT2D eigenvalue weighted by atomic mass is 10.1. The molecule has 0 unspecified atom stereocenters. The number of H-pyrrole nitrogens is 1. The minimum atomic E-state index is 1.03. The Morgan fingerprint density at radius 2 is 1.86 bits per heavy atom. The maximum Gasteiger partial charge on any atom is 0.103 e. The van der Waals surface area contributed by atoms with Gasteiger partial charge in [0, 0.05) is 11.9 Å². The summed E-state index contributed by atoms with van der Waals surface area (Å²) in [4.78, 5) is 7.46. The highest BCUT2D eigenvalue weighted by Gasteiger charge is 1.96. The fourth-order valence-electron chi connectivity index (χ4n) is 1.69. The minimum Gasteiger partial charge on any atom is -0.346 e. The van der Waals surface area contributed by atoms with Crippen molar-refractivity contribution in [3.8, 4) is 0 Å². The molecule has 1 heterocycles. The van der Waals surface area contributed by atoms with E-state index in [1.54, 1.807) is 0 Å². The third kappa shape index (κ3) is 4.45. The summed E-state index contributed by atoms with van der Waals surface area (Å²) in [5, 5.41) is 0. The van der Waals surface area contributed by atoms with Crippen LogP contribution in [0.5, 0.6) is 0 Å². The highest BCUT2D eigenvalue weighted by atomic mass is 14.9. The molecule has 2 nitrogen and oxygen atoms in total. The van der Waals surface area contributed by atoms with Crippen LogP contribution in [-0.2, 0) is 6.42 Å². The Morgan fingerprint density at radius 1 is 1.14 bits per heavy atom. The molecule has 0 aliphatic rings. The molecule has 0 radical (unpaired) electrons. The third-order valence-electron chi connectivity index (χ3n) is 2.56. The summed E-state index contributed by atoms with van der Waals surface area (Å²) >= 11 is 0. The molecule has 1 N–H and O–H groups in total. The summed E-state index contributed by atoms with van der Waals surface area (Å²) in [6, 6.07) is 0. The van der Waals surface area contributed by atoms with Gasteiger partial charge in [0.05, 0.1) is 0 Å². The van der Waals surface area contributed by atoms with Gasteiger partial charge in [-0.05, 0) is 19.8 Å². The SMILES string of the molecule is CCCCCCCCc1cnc(C)[nH]1. The van der Waals surface area contributed by atoms with Crippen LogP contribution >= 0.6 is 0 Å². The topological polar surface area (TPSA) is 28.7 Å². The first kappa shape index (κ1) is 11.3. The van der Waals surface area contributed by atoms with Crippen molar-refractivity contribution in [1.82, 2.24) is 9.97 Å². The lowest BCUT2D eigenvalue weighted by Crippen LogP contribution is -1.86. The van der Waals surface area contributed by atoms with Crippen LogP contribution in [0.1, 0.15) is 57.0 Å². The molecular formula is C12H22N2. The molecule has 0 fully saturated rings. The van der Waals surface area contributed by atoms with Crippen molar-refractivity contribution in [2.75, 3.05) is 0 Å². The standard InChI is InChI=1S/C12H22N2/c1-3-4-5-6-7-8-9-12-10-13-11(2)14-12/h10H,3-9H2,1-2H3,(H,13,14). The van der Waals surface area contributed by atoms with Gasteiger partial charge in [-0.3, -0.25) is 0 Å². The molecule has 0 saturated heterocycles. The van der Waals surface area contributed by atoms with Crippen LogP contribution < -0.4 is 0 Å². The first-order valence-electron chi connectivity index (χ1n) is 5.83. The molecule has 0 aliphatic heterocycles. The van der Waals surface area contributed by atoms with Crippen LogP contribution in [0.15, 0.2) is 6.20 Å². The molecule has 1 rings (SSSR count). The van der Waals surface area contributed by atoms with Gasteiger partial charge < -0.3 is 4.98 Å². The van der Waals surface area contributed by atoms with Gasteiger partial charge in [0.1, 0.15) is 5.82 Å². The molecule has 0 atom stereocenters. The fourth-order valence-corrected chi connectivity index (χ4v) is 1.69. The molecule has 0 aliphatic carbocycles. The Labute approximate surface area is 87.1 Å². The summed E-state index contributed by atoms with van der Waals surface area (Å²) in [5.74, 6) is 1.03. The van der Waals surface area contributed by atoms with Crippen LogP contribution in [0.25, 0.3) is 0 Å². The zero-order valence-electron chi connectivity index (χ0n) is 9.47. The van der Waals surface area contributed by atoms with E-state index in [9.17, 15) is 0 Å². The Hall–Kier alpha value is -0.790. The Kier molecular flexibility index (Phi) is 5.35. The van der Waals surface area contributed by atoms with Crippen molar-refractivity contribution in [1.29, 1.82) is 0 Å². The van der Waals surface area contributed by atoms with E-state index in [4.69, 9.17) is 0 Å². The number of aromatic nitrogens is 2. The molecule has 2 heteroatoms. The van der Waals surface area contributed by atoms with E-state index in [0.717, 1.165) is 12.2 Å². The van der Waals surface area contributed by atoms with E-state index >= 15 is 0 Å². The smallest absolute Gasteiger partial charge is 0.103 e. The van der Waals surface area contributed by atoms with Crippen molar-refractivity contribution in [3.05, 3.63) is 17.7 Å².